The fraction of sp³-hybridized carbons (Fsp3) is 0.400. The molecule has 1 unspecified atom stereocenters. The van der Waals surface area contributed by atoms with E-state index in [9.17, 15) is 0 Å². The number of aryl methyl sites for hydroxylation is 1. The summed E-state index contributed by atoms with van der Waals surface area (Å²) in [6.07, 6.45) is 3.91. The molecule has 0 fully saturated rings. The second-order valence-corrected chi connectivity index (χ2v) is 4.43. The van der Waals surface area contributed by atoms with Gasteiger partial charge in [-0.05, 0) is 26.1 Å². The predicted octanol–water partition coefficient (Wildman–Crippen LogP) is 2.23. The van der Waals surface area contributed by atoms with Crippen LogP contribution in [0.2, 0.25) is 0 Å². The molecular formula is C15H21N3O2. The molecule has 0 spiro atoms. The van der Waals surface area contributed by atoms with Crippen LogP contribution in [0.1, 0.15) is 24.1 Å². The van der Waals surface area contributed by atoms with Gasteiger partial charge < -0.3 is 14.8 Å². The molecule has 1 aromatic carbocycles. The lowest BCUT2D eigenvalue weighted by Gasteiger charge is -2.20. The molecule has 1 atom stereocenters. The molecule has 2 aromatic rings. The number of methoxy groups -OCH3 is 2. The van der Waals surface area contributed by atoms with E-state index in [2.05, 4.69) is 17.3 Å². The first-order valence-corrected chi connectivity index (χ1v) is 6.65. The zero-order valence-electron chi connectivity index (χ0n) is 12.4. The summed E-state index contributed by atoms with van der Waals surface area (Å²) in [5.41, 5.74) is 2.06. The van der Waals surface area contributed by atoms with Gasteiger partial charge in [-0.25, -0.2) is 0 Å². The average Bonchev–Trinajstić information content (AvgIpc) is 2.97. The maximum Gasteiger partial charge on any atom is 0.127 e. The summed E-state index contributed by atoms with van der Waals surface area (Å²) >= 11 is 0. The van der Waals surface area contributed by atoms with Gasteiger partial charge in [-0.2, -0.15) is 5.10 Å². The van der Waals surface area contributed by atoms with Crippen molar-refractivity contribution in [2.45, 2.75) is 19.5 Å². The highest BCUT2D eigenvalue weighted by atomic mass is 16.5. The molecular weight excluding hydrogens is 254 g/mol. The van der Waals surface area contributed by atoms with Gasteiger partial charge in [0.15, 0.2) is 0 Å². The maximum absolute atomic E-state index is 5.48. The third kappa shape index (κ3) is 2.63. The molecule has 20 heavy (non-hydrogen) atoms. The zero-order valence-corrected chi connectivity index (χ0v) is 12.4. The molecule has 0 aliphatic rings. The second kappa shape index (κ2) is 6.43. The van der Waals surface area contributed by atoms with Gasteiger partial charge in [0, 0.05) is 18.3 Å². The molecule has 0 aliphatic carbocycles. The molecule has 0 saturated heterocycles. The minimum atomic E-state index is -0.0265. The zero-order chi connectivity index (χ0) is 14.5. The van der Waals surface area contributed by atoms with Gasteiger partial charge in [-0.1, -0.05) is 6.07 Å². The molecule has 2 rings (SSSR count). The molecule has 5 heteroatoms. The van der Waals surface area contributed by atoms with Crippen molar-refractivity contribution in [2.75, 3.05) is 21.3 Å². The van der Waals surface area contributed by atoms with Crippen LogP contribution < -0.4 is 14.8 Å². The lowest BCUT2D eigenvalue weighted by Crippen LogP contribution is -2.19. The minimum absolute atomic E-state index is 0.0265. The molecule has 0 bridgehead atoms. The number of ether oxygens (including phenoxy) is 2. The SMILES string of the molecule is CCn1cc(C(NC)c2c(OC)cccc2OC)cn1. The van der Waals surface area contributed by atoms with Crippen LogP contribution in [-0.2, 0) is 6.54 Å². The van der Waals surface area contributed by atoms with Crippen LogP contribution >= 0.6 is 0 Å². The summed E-state index contributed by atoms with van der Waals surface area (Å²) in [4.78, 5) is 0. The van der Waals surface area contributed by atoms with Gasteiger partial charge in [-0.3, -0.25) is 4.68 Å². The molecule has 108 valence electrons. The normalized spacial score (nSPS) is 12.2. The van der Waals surface area contributed by atoms with Crippen LogP contribution in [0.5, 0.6) is 11.5 Å². The van der Waals surface area contributed by atoms with Crippen molar-refractivity contribution in [1.82, 2.24) is 15.1 Å². The van der Waals surface area contributed by atoms with E-state index in [0.29, 0.717) is 0 Å². The van der Waals surface area contributed by atoms with Crippen LogP contribution in [0.4, 0.5) is 0 Å². The summed E-state index contributed by atoms with van der Waals surface area (Å²) < 4.78 is 12.9. The van der Waals surface area contributed by atoms with Crippen molar-refractivity contribution in [3.05, 3.63) is 41.7 Å². The number of benzene rings is 1. The molecule has 5 nitrogen and oxygen atoms in total. The fourth-order valence-corrected chi connectivity index (χ4v) is 2.34. The van der Waals surface area contributed by atoms with Crippen LogP contribution in [0.3, 0.4) is 0 Å². The molecule has 0 amide bonds. The number of rotatable bonds is 6. The quantitative estimate of drug-likeness (QED) is 0.878. The first-order valence-electron chi connectivity index (χ1n) is 6.65. The Kier molecular flexibility index (Phi) is 4.63. The Morgan fingerprint density at radius 1 is 1.25 bits per heavy atom. The summed E-state index contributed by atoms with van der Waals surface area (Å²) in [6, 6.07) is 5.77. The number of nitrogens with one attached hydrogen (secondary N) is 1. The lowest BCUT2D eigenvalue weighted by atomic mass is 9.99. The van der Waals surface area contributed by atoms with Crippen LogP contribution in [0, 0.1) is 0 Å². The number of hydrogen-bond acceptors (Lipinski definition) is 4. The Balaban J connectivity index is 2.50. The third-order valence-corrected chi connectivity index (χ3v) is 3.35. The Labute approximate surface area is 119 Å². The highest BCUT2D eigenvalue weighted by Crippen LogP contribution is 2.36. The van der Waals surface area contributed by atoms with Gasteiger partial charge in [0.1, 0.15) is 11.5 Å². The summed E-state index contributed by atoms with van der Waals surface area (Å²) in [7, 11) is 5.25. The number of hydrogen-bond donors (Lipinski definition) is 1. The van der Waals surface area contributed by atoms with Crippen LogP contribution in [0.25, 0.3) is 0 Å². The van der Waals surface area contributed by atoms with E-state index in [1.54, 1.807) is 14.2 Å². The molecule has 0 aliphatic heterocycles. The first-order chi connectivity index (χ1) is 9.74. The van der Waals surface area contributed by atoms with E-state index in [4.69, 9.17) is 9.47 Å². The van der Waals surface area contributed by atoms with E-state index in [-0.39, 0.29) is 6.04 Å². The minimum Gasteiger partial charge on any atom is -0.496 e. The maximum atomic E-state index is 5.48. The second-order valence-electron chi connectivity index (χ2n) is 4.43. The summed E-state index contributed by atoms with van der Waals surface area (Å²) in [5.74, 6) is 1.60. The van der Waals surface area contributed by atoms with E-state index < -0.39 is 0 Å². The van der Waals surface area contributed by atoms with Crippen molar-refractivity contribution in [3.8, 4) is 11.5 Å². The van der Waals surface area contributed by atoms with Crippen molar-refractivity contribution in [2.24, 2.45) is 0 Å². The van der Waals surface area contributed by atoms with Crippen molar-refractivity contribution in [3.63, 3.8) is 0 Å². The number of nitrogens with zero attached hydrogens (tertiary/aromatic N) is 2. The molecule has 1 aromatic heterocycles. The van der Waals surface area contributed by atoms with Crippen LogP contribution in [0.15, 0.2) is 30.6 Å². The Bertz CT molecular complexity index is 544. The van der Waals surface area contributed by atoms with E-state index >= 15 is 0 Å². The Hall–Kier alpha value is -2.01. The summed E-state index contributed by atoms with van der Waals surface area (Å²) in [6.45, 7) is 2.91. The molecule has 1 N–H and O–H groups in total. The standard InChI is InChI=1S/C15H21N3O2/c1-5-18-10-11(9-17-18)15(16-2)14-12(19-3)7-6-8-13(14)20-4/h6-10,15-16H,5H2,1-4H3. The summed E-state index contributed by atoms with van der Waals surface area (Å²) in [5, 5.41) is 7.64. The van der Waals surface area contributed by atoms with Crippen molar-refractivity contribution >= 4 is 0 Å². The van der Waals surface area contributed by atoms with Crippen LogP contribution in [-0.4, -0.2) is 31.0 Å². The molecule has 0 saturated carbocycles. The monoisotopic (exact) mass is 275 g/mol. The smallest absolute Gasteiger partial charge is 0.127 e. The largest absolute Gasteiger partial charge is 0.496 e. The fourth-order valence-electron chi connectivity index (χ4n) is 2.34. The van der Waals surface area contributed by atoms with Crippen molar-refractivity contribution in [1.29, 1.82) is 0 Å². The van der Waals surface area contributed by atoms with Gasteiger partial charge in [0.2, 0.25) is 0 Å². The van der Waals surface area contributed by atoms with Gasteiger partial charge >= 0.3 is 0 Å². The third-order valence-electron chi connectivity index (χ3n) is 3.35. The molecule has 1 heterocycles. The van der Waals surface area contributed by atoms with Gasteiger partial charge in [0.05, 0.1) is 32.0 Å². The lowest BCUT2D eigenvalue weighted by molar-refractivity contribution is 0.379. The van der Waals surface area contributed by atoms with E-state index in [0.717, 1.165) is 29.2 Å². The number of aromatic nitrogens is 2. The predicted molar refractivity (Wildman–Crippen MR) is 78.3 cm³/mol. The average molecular weight is 275 g/mol. The highest BCUT2D eigenvalue weighted by Gasteiger charge is 2.22. The van der Waals surface area contributed by atoms with E-state index in [1.807, 2.05) is 42.3 Å². The highest BCUT2D eigenvalue weighted by molar-refractivity contribution is 5.50. The molecule has 0 radical (unpaired) electrons. The Morgan fingerprint density at radius 3 is 2.35 bits per heavy atom. The van der Waals surface area contributed by atoms with Gasteiger partial charge in [0.25, 0.3) is 0 Å². The van der Waals surface area contributed by atoms with E-state index in [1.165, 1.54) is 0 Å². The first kappa shape index (κ1) is 14.4. The Morgan fingerprint density at radius 2 is 1.90 bits per heavy atom. The van der Waals surface area contributed by atoms with Crippen molar-refractivity contribution < 1.29 is 9.47 Å². The topological polar surface area (TPSA) is 48.3 Å². The van der Waals surface area contributed by atoms with Gasteiger partial charge in [-0.15, -0.1) is 0 Å².